The van der Waals surface area contributed by atoms with Crippen molar-refractivity contribution in [1.29, 1.82) is 0 Å². The van der Waals surface area contributed by atoms with Gasteiger partial charge in [-0.2, -0.15) is 5.10 Å². The number of amides is 1. The lowest BCUT2D eigenvalue weighted by Crippen LogP contribution is -2.55. The van der Waals surface area contributed by atoms with E-state index in [0.717, 1.165) is 18.7 Å². The van der Waals surface area contributed by atoms with E-state index in [0.29, 0.717) is 22.9 Å². The molecule has 1 aromatic carbocycles. The van der Waals surface area contributed by atoms with Crippen LogP contribution in [0, 0.1) is 0 Å². The number of hydrogen-bond donors (Lipinski definition) is 2. The van der Waals surface area contributed by atoms with Crippen molar-refractivity contribution in [3.63, 3.8) is 0 Å². The SMILES string of the molecule is CC(NC(=O)C1(n2cccn2)CCNCC1)c1cccc(Cl)c1Cl. The number of nitrogens with zero attached hydrogens (tertiary/aromatic N) is 2. The standard InChI is InChI=1S/C17H20Cl2N4O/c1-12(13-4-2-5-14(18)15(13)19)22-16(24)17(6-9-20-10-7-17)23-11-3-8-21-23/h2-5,8,11-12,20H,6-7,9-10H2,1H3,(H,22,24). The third-order valence-corrected chi connectivity index (χ3v) is 5.43. The van der Waals surface area contributed by atoms with Crippen LogP contribution in [0.2, 0.25) is 10.0 Å². The smallest absolute Gasteiger partial charge is 0.248 e. The first-order chi connectivity index (χ1) is 11.5. The number of carbonyl (C=O) groups is 1. The third-order valence-electron chi connectivity index (χ3n) is 4.59. The number of halogens is 2. The molecule has 2 heterocycles. The van der Waals surface area contributed by atoms with Gasteiger partial charge in [0.15, 0.2) is 0 Å². The molecular formula is C17H20Cl2N4O. The molecule has 3 rings (SSSR count). The Morgan fingerprint density at radius 1 is 1.33 bits per heavy atom. The van der Waals surface area contributed by atoms with Gasteiger partial charge >= 0.3 is 0 Å². The molecule has 24 heavy (non-hydrogen) atoms. The molecule has 128 valence electrons. The molecule has 1 atom stereocenters. The summed E-state index contributed by atoms with van der Waals surface area (Å²) in [5.74, 6) is -0.0451. The minimum Gasteiger partial charge on any atom is -0.347 e. The van der Waals surface area contributed by atoms with Crippen LogP contribution in [0.15, 0.2) is 36.7 Å². The van der Waals surface area contributed by atoms with E-state index >= 15 is 0 Å². The molecule has 1 aliphatic rings. The number of rotatable bonds is 4. The van der Waals surface area contributed by atoms with Gasteiger partial charge in [-0.25, -0.2) is 0 Å². The number of benzene rings is 1. The van der Waals surface area contributed by atoms with Crippen LogP contribution in [0.1, 0.15) is 31.4 Å². The van der Waals surface area contributed by atoms with Crippen molar-refractivity contribution in [2.24, 2.45) is 0 Å². The van der Waals surface area contributed by atoms with Crippen LogP contribution in [-0.2, 0) is 10.3 Å². The van der Waals surface area contributed by atoms with Crippen molar-refractivity contribution in [2.45, 2.75) is 31.3 Å². The van der Waals surface area contributed by atoms with Crippen LogP contribution >= 0.6 is 23.2 Å². The summed E-state index contributed by atoms with van der Waals surface area (Å²) in [5, 5.41) is 11.7. The summed E-state index contributed by atoms with van der Waals surface area (Å²) < 4.78 is 1.77. The Hall–Kier alpha value is -1.56. The lowest BCUT2D eigenvalue weighted by molar-refractivity contribution is -0.132. The fourth-order valence-electron chi connectivity index (χ4n) is 3.19. The van der Waals surface area contributed by atoms with E-state index in [1.165, 1.54) is 0 Å². The molecule has 1 aliphatic heterocycles. The van der Waals surface area contributed by atoms with E-state index < -0.39 is 5.54 Å². The summed E-state index contributed by atoms with van der Waals surface area (Å²) in [4.78, 5) is 13.1. The quantitative estimate of drug-likeness (QED) is 0.873. The second kappa shape index (κ2) is 7.13. The molecule has 7 heteroatoms. The lowest BCUT2D eigenvalue weighted by atomic mass is 9.87. The molecule has 1 fully saturated rings. The van der Waals surface area contributed by atoms with E-state index in [4.69, 9.17) is 23.2 Å². The van der Waals surface area contributed by atoms with Gasteiger partial charge in [-0.15, -0.1) is 0 Å². The minimum absolute atomic E-state index is 0.0451. The van der Waals surface area contributed by atoms with Gasteiger partial charge in [0.1, 0.15) is 5.54 Å². The minimum atomic E-state index is -0.673. The van der Waals surface area contributed by atoms with Crippen molar-refractivity contribution in [2.75, 3.05) is 13.1 Å². The normalized spacial score (nSPS) is 18.1. The maximum absolute atomic E-state index is 13.1. The van der Waals surface area contributed by atoms with Crippen LogP contribution in [0.5, 0.6) is 0 Å². The highest BCUT2D eigenvalue weighted by atomic mass is 35.5. The number of aromatic nitrogens is 2. The summed E-state index contributed by atoms with van der Waals surface area (Å²) >= 11 is 12.4. The highest BCUT2D eigenvalue weighted by Gasteiger charge is 2.42. The molecule has 2 N–H and O–H groups in total. The summed E-state index contributed by atoms with van der Waals surface area (Å²) in [6, 6.07) is 7.04. The van der Waals surface area contributed by atoms with Gasteiger partial charge in [0.05, 0.1) is 16.1 Å². The molecule has 0 bridgehead atoms. The Kier molecular flexibility index (Phi) is 5.13. The van der Waals surface area contributed by atoms with Crippen molar-refractivity contribution in [1.82, 2.24) is 20.4 Å². The van der Waals surface area contributed by atoms with Crippen molar-refractivity contribution in [3.8, 4) is 0 Å². The molecule has 1 aromatic heterocycles. The van der Waals surface area contributed by atoms with Crippen molar-refractivity contribution in [3.05, 3.63) is 52.3 Å². The maximum Gasteiger partial charge on any atom is 0.248 e. The highest BCUT2D eigenvalue weighted by molar-refractivity contribution is 6.42. The van der Waals surface area contributed by atoms with Crippen LogP contribution in [0.25, 0.3) is 0 Å². The van der Waals surface area contributed by atoms with Crippen LogP contribution in [0.4, 0.5) is 0 Å². The lowest BCUT2D eigenvalue weighted by Gasteiger charge is -2.37. The van der Waals surface area contributed by atoms with E-state index in [1.54, 1.807) is 16.9 Å². The maximum atomic E-state index is 13.1. The first kappa shape index (κ1) is 17.3. The number of hydrogen-bond acceptors (Lipinski definition) is 3. The van der Waals surface area contributed by atoms with Crippen LogP contribution in [0.3, 0.4) is 0 Å². The Morgan fingerprint density at radius 2 is 2.08 bits per heavy atom. The molecule has 0 spiro atoms. The highest BCUT2D eigenvalue weighted by Crippen LogP contribution is 2.32. The Labute approximate surface area is 151 Å². The van der Waals surface area contributed by atoms with E-state index in [2.05, 4.69) is 15.7 Å². The van der Waals surface area contributed by atoms with Gasteiger partial charge in [0.25, 0.3) is 0 Å². The molecule has 2 aromatic rings. The topological polar surface area (TPSA) is 59.0 Å². The molecule has 0 saturated carbocycles. The van der Waals surface area contributed by atoms with Gasteiger partial charge in [0.2, 0.25) is 5.91 Å². The predicted molar refractivity (Wildman–Crippen MR) is 95.3 cm³/mol. The molecule has 0 aliphatic carbocycles. The summed E-state index contributed by atoms with van der Waals surface area (Å²) in [5.41, 5.74) is 0.135. The van der Waals surface area contributed by atoms with Crippen molar-refractivity contribution >= 4 is 29.1 Å². The fraction of sp³-hybridized carbons (Fsp3) is 0.412. The molecule has 0 radical (unpaired) electrons. The van der Waals surface area contributed by atoms with E-state index in [1.807, 2.05) is 31.3 Å². The summed E-state index contributed by atoms with van der Waals surface area (Å²) in [6.07, 6.45) is 4.93. The second-order valence-electron chi connectivity index (χ2n) is 6.07. The average Bonchev–Trinajstić information content (AvgIpc) is 3.13. The van der Waals surface area contributed by atoms with Crippen LogP contribution < -0.4 is 10.6 Å². The van der Waals surface area contributed by atoms with Gasteiger partial charge in [-0.05, 0) is 50.6 Å². The molecular weight excluding hydrogens is 347 g/mol. The first-order valence-electron chi connectivity index (χ1n) is 8.00. The number of nitrogens with one attached hydrogen (secondary N) is 2. The zero-order valence-corrected chi connectivity index (χ0v) is 14.9. The average molecular weight is 367 g/mol. The first-order valence-corrected chi connectivity index (χ1v) is 8.76. The summed E-state index contributed by atoms with van der Waals surface area (Å²) in [6.45, 7) is 3.46. The molecule has 1 unspecified atom stereocenters. The third kappa shape index (κ3) is 3.16. The van der Waals surface area contributed by atoms with E-state index in [9.17, 15) is 4.79 Å². The zero-order chi connectivity index (χ0) is 17.2. The largest absolute Gasteiger partial charge is 0.347 e. The Morgan fingerprint density at radius 3 is 2.75 bits per heavy atom. The fourth-order valence-corrected chi connectivity index (χ4v) is 3.66. The van der Waals surface area contributed by atoms with E-state index in [-0.39, 0.29) is 11.9 Å². The van der Waals surface area contributed by atoms with Crippen molar-refractivity contribution < 1.29 is 4.79 Å². The van der Waals surface area contributed by atoms with Gasteiger partial charge in [-0.3, -0.25) is 9.48 Å². The number of carbonyl (C=O) groups excluding carboxylic acids is 1. The Balaban J connectivity index is 1.85. The van der Waals surface area contributed by atoms with Gasteiger partial charge in [0, 0.05) is 12.4 Å². The zero-order valence-electron chi connectivity index (χ0n) is 13.4. The second-order valence-corrected chi connectivity index (χ2v) is 6.86. The van der Waals surface area contributed by atoms with Gasteiger partial charge in [-0.1, -0.05) is 35.3 Å². The number of piperidine rings is 1. The summed E-state index contributed by atoms with van der Waals surface area (Å²) in [7, 11) is 0. The van der Waals surface area contributed by atoms with Gasteiger partial charge < -0.3 is 10.6 Å². The molecule has 1 saturated heterocycles. The van der Waals surface area contributed by atoms with Crippen LogP contribution in [-0.4, -0.2) is 28.8 Å². The Bertz CT molecular complexity index is 711. The molecule has 1 amide bonds. The predicted octanol–water partition coefficient (Wildman–Crippen LogP) is 3.15. The monoisotopic (exact) mass is 366 g/mol. The molecule has 5 nitrogen and oxygen atoms in total.